The molecule has 0 aliphatic heterocycles. The van der Waals surface area contributed by atoms with E-state index in [0.717, 1.165) is 0 Å². The molecular weight excluding hydrogens is 380 g/mol. The molecule has 0 spiro atoms. The molecule has 0 aromatic carbocycles. The molecular formula is C20H12N10. The molecule has 5 aromatic heterocycles. The van der Waals surface area contributed by atoms with Gasteiger partial charge in [-0.1, -0.05) is 0 Å². The average molecular weight is 392 g/mol. The van der Waals surface area contributed by atoms with Crippen molar-refractivity contribution in [3.05, 3.63) is 74.0 Å². The molecule has 0 saturated heterocycles. The van der Waals surface area contributed by atoms with Crippen molar-refractivity contribution in [2.24, 2.45) is 0 Å². The van der Waals surface area contributed by atoms with Crippen LogP contribution in [0.15, 0.2) is 74.0 Å². The molecule has 30 heavy (non-hydrogen) atoms. The van der Waals surface area contributed by atoms with E-state index in [9.17, 15) is 0 Å². The van der Waals surface area contributed by atoms with Gasteiger partial charge < -0.3 is 0 Å². The lowest BCUT2D eigenvalue weighted by Crippen LogP contribution is -2.03. The quantitative estimate of drug-likeness (QED) is 0.449. The normalized spacial score (nSPS) is 10.7. The fourth-order valence-corrected chi connectivity index (χ4v) is 3.01. The largest absolute Gasteiger partial charge is 0.261 e. The Morgan fingerprint density at radius 3 is 2.10 bits per heavy atom. The van der Waals surface area contributed by atoms with Crippen molar-refractivity contribution in [3.8, 4) is 45.4 Å². The lowest BCUT2D eigenvalue weighted by atomic mass is 9.95. The van der Waals surface area contributed by atoms with E-state index in [4.69, 9.17) is 0 Å². The van der Waals surface area contributed by atoms with E-state index in [1.807, 2.05) is 6.07 Å². The van der Waals surface area contributed by atoms with Crippen molar-refractivity contribution in [3.63, 3.8) is 0 Å². The van der Waals surface area contributed by atoms with Crippen molar-refractivity contribution in [2.75, 3.05) is 0 Å². The third-order valence-corrected chi connectivity index (χ3v) is 4.23. The van der Waals surface area contributed by atoms with E-state index < -0.39 is 0 Å². The summed E-state index contributed by atoms with van der Waals surface area (Å²) in [5.74, 6) is 0.826. The van der Waals surface area contributed by atoms with Crippen LogP contribution in [0.5, 0.6) is 0 Å². The first kappa shape index (κ1) is 17.5. The Balaban J connectivity index is 1.91. The highest BCUT2D eigenvalue weighted by Gasteiger charge is 2.24. The van der Waals surface area contributed by atoms with Gasteiger partial charge in [-0.3, -0.25) is 15.0 Å². The van der Waals surface area contributed by atoms with Gasteiger partial charge in [-0.05, 0) is 18.2 Å². The van der Waals surface area contributed by atoms with Crippen LogP contribution < -0.4 is 0 Å². The molecule has 0 amide bonds. The molecule has 0 saturated carbocycles. The minimum absolute atomic E-state index is 0.348. The fraction of sp³-hybridized carbons (Fsp3) is 0. The number of pyridine rings is 1. The molecule has 0 radical (unpaired) electrons. The molecule has 5 aromatic rings. The molecule has 5 rings (SSSR count). The Bertz CT molecular complexity index is 1160. The maximum absolute atomic E-state index is 4.63. The van der Waals surface area contributed by atoms with Crippen LogP contribution in [0.3, 0.4) is 0 Å². The second-order valence-corrected chi connectivity index (χ2v) is 6.01. The van der Waals surface area contributed by atoms with Crippen molar-refractivity contribution in [2.45, 2.75) is 0 Å². The monoisotopic (exact) mass is 392 g/mol. The van der Waals surface area contributed by atoms with Crippen molar-refractivity contribution < 1.29 is 0 Å². The zero-order valence-electron chi connectivity index (χ0n) is 15.4. The fourth-order valence-electron chi connectivity index (χ4n) is 3.01. The van der Waals surface area contributed by atoms with Gasteiger partial charge in [0, 0.05) is 60.1 Å². The highest BCUT2D eigenvalue weighted by Crippen LogP contribution is 2.40. The van der Waals surface area contributed by atoms with Gasteiger partial charge in [-0.2, -0.15) is 15.3 Å². The third kappa shape index (κ3) is 3.22. The number of nitrogens with zero attached hydrogens (tertiary/aromatic N) is 10. The molecule has 142 valence electrons. The second-order valence-electron chi connectivity index (χ2n) is 6.01. The summed E-state index contributed by atoms with van der Waals surface area (Å²) in [5.41, 5.74) is 3.68. The smallest absolute Gasteiger partial charge is 0.201 e. The minimum Gasteiger partial charge on any atom is -0.261 e. The maximum Gasteiger partial charge on any atom is 0.201 e. The van der Waals surface area contributed by atoms with Gasteiger partial charge in [-0.15, -0.1) is 5.10 Å². The molecule has 0 aliphatic carbocycles. The Morgan fingerprint density at radius 1 is 0.533 bits per heavy atom. The lowest BCUT2D eigenvalue weighted by Gasteiger charge is -2.15. The molecule has 0 fully saturated rings. The van der Waals surface area contributed by atoms with Crippen LogP contribution in [-0.4, -0.2) is 50.3 Å². The summed E-state index contributed by atoms with van der Waals surface area (Å²) in [6.45, 7) is 0. The van der Waals surface area contributed by atoms with Gasteiger partial charge in [0.05, 0.1) is 23.8 Å². The first-order valence-electron chi connectivity index (χ1n) is 8.91. The van der Waals surface area contributed by atoms with Crippen LogP contribution in [0, 0.1) is 0 Å². The van der Waals surface area contributed by atoms with Gasteiger partial charge in [-0.25, -0.2) is 15.0 Å². The summed E-state index contributed by atoms with van der Waals surface area (Å²) in [5, 5.41) is 16.4. The Hall–Kier alpha value is -4.60. The van der Waals surface area contributed by atoms with Gasteiger partial charge >= 0.3 is 0 Å². The summed E-state index contributed by atoms with van der Waals surface area (Å²) in [7, 11) is 0. The third-order valence-electron chi connectivity index (χ3n) is 4.23. The Labute approximate surface area is 170 Å². The van der Waals surface area contributed by atoms with Gasteiger partial charge in [0.15, 0.2) is 5.82 Å². The molecule has 0 N–H and O–H groups in total. The molecule has 10 nitrogen and oxygen atoms in total. The summed E-state index contributed by atoms with van der Waals surface area (Å²) in [6.07, 6.45) is 14.6. The molecule has 0 aliphatic rings. The van der Waals surface area contributed by atoms with Gasteiger partial charge in [0.1, 0.15) is 5.69 Å². The molecule has 0 atom stereocenters. The zero-order valence-corrected chi connectivity index (χ0v) is 15.4. The number of aromatic nitrogens is 10. The maximum atomic E-state index is 4.63. The Morgan fingerprint density at radius 2 is 1.37 bits per heavy atom. The van der Waals surface area contributed by atoms with E-state index in [2.05, 4.69) is 50.3 Å². The summed E-state index contributed by atoms with van der Waals surface area (Å²) in [4.78, 5) is 26.5. The molecule has 0 unspecified atom stereocenters. The van der Waals surface area contributed by atoms with Gasteiger partial charge in [0.25, 0.3) is 0 Å². The highest BCUT2D eigenvalue weighted by atomic mass is 15.1. The van der Waals surface area contributed by atoms with Crippen LogP contribution >= 0.6 is 0 Å². The number of rotatable bonds is 4. The minimum atomic E-state index is 0.348. The predicted molar refractivity (Wildman–Crippen MR) is 106 cm³/mol. The first-order chi connectivity index (χ1) is 14.9. The number of hydrogen-bond acceptors (Lipinski definition) is 10. The van der Waals surface area contributed by atoms with Crippen molar-refractivity contribution in [1.82, 2.24) is 50.3 Å². The first-order valence-corrected chi connectivity index (χ1v) is 8.91. The zero-order chi connectivity index (χ0) is 20.2. The molecule has 0 bridgehead atoms. The highest BCUT2D eigenvalue weighted by molar-refractivity contribution is 5.95. The summed E-state index contributed by atoms with van der Waals surface area (Å²) >= 11 is 0. The van der Waals surface area contributed by atoms with Crippen molar-refractivity contribution >= 4 is 0 Å². The number of hydrogen-bond donors (Lipinski definition) is 0. The van der Waals surface area contributed by atoms with Crippen LogP contribution in [0.25, 0.3) is 45.4 Å². The van der Waals surface area contributed by atoms with Crippen LogP contribution in [0.2, 0.25) is 0 Å². The average Bonchev–Trinajstić information content (AvgIpc) is 2.85. The molecule has 5 heterocycles. The predicted octanol–water partition coefficient (Wildman–Crippen LogP) is 2.30. The summed E-state index contributed by atoms with van der Waals surface area (Å²) in [6, 6.07) is 5.37. The van der Waals surface area contributed by atoms with Crippen LogP contribution in [0.1, 0.15) is 0 Å². The van der Waals surface area contributed by atoms with E-state index in [1.54, 1.807) is 61.7 Å². The second kappa shape index (κ2) is 7.80. The van der Waals surface area contributed by atoms with Crippen molar-refractivity contribution in [1.29, 1.82) is 0 Å². The van der Waals surface area contributed by atoms with Gasteiger partial charge in [0.2, 0.25) is 5.82 Å². The van der Waals surface area contributed by atoms with E-state index in [1.165, 1.54) is 6.20 Å². The van der Waals surface area contributed by atoms with Crippen LogP contribution in [-0.2, 0) is 0 Å². The van der Waals surface area contributed by atoms with E-state index in [0.29, 0.717) is 45.4 Å². The topological polar surface area (TPSA) is 129 Å². The van der Waals surface area contributed by atoms with E-state index >= 15 is 0 Å². The Kier molecular flexibility index (Phi) is 4.55. The van der Waals surface area contributed by atoms with E-state index in [-0.39, 0.29) is 0 Å². The molecule has 10 heteroatoms. The van der Waals surface area contributed by atoms with Crippen LogP contribution in [0.4, 0.5) is 0 Å². The summed E-state index contributed by atoms with van der Waals surface area (Å²) < 4.78 is 0. The lowest BCUT2D eigenvalue weighted by molar-refractivity contribution is 0.968. The SMILES string of the molecule is c1cnc(-c2c(-c3cnccn3)cnc(-c3nccnn3)c2-c2cccnn2)nc1. The standard InChI is InChI=1S/C20H12N10/c1-3-14(29-27-6-1)17-16(19-23-4-2-5-24-19)13(15-12-21-7-8-22-15)11-26-18(17)20-25-9-10-28-30-20/h1-12H.